The predicted octanol–water partition coefficient (Wildman–Crippen LogP) is 4.50. The highest BCUT2D eigenvalue weighted by molar-refractivity contribution is 6.31. The van der Waals surface area contributed by atoms with Crippen LogP contribution in [0.3, 0.4) is 0 Å². The first-order valence-corrected chi connectivity index (χ1v) is 14.4. The molecule has 1 N–H and O–H groups in total. The van der Waals surface area contributed by atoms with Crippen LogP contribution in [-0.2, 0) is 14.3 Å². The second-order valence-corrected chi connectivity index (χ2v) is 12.2. The molecule has 1 aromatic carbocycles. The first-order chi connectivity index (χ1) is 21.4. The molecular formula is C30H27ClFN7O6. The number of esters is 1. The first kappa shape index (κ1) is 30.1. The minimum absolute atomic E-state index is 0.0618. The number of halogens is 2. The van der Waals surface area contributed by atoms with Crippen molar-refractivity contribution in [2.75, 3.05) is 11.9 Å². The topological polar surface area (TPSA) is 160 Å². The lowest BCUT2D eigenvalue weighted by molar-refractivity contribution is -0.148. The van der Waals surface area contributed by atoms with E-state index in [4.69, 9.17) is 21.1 Å². The molecule has 2 aliphatic rings. The van der Waals surface area contributed by atoms with Gasteiger partial charge in [-0.05, 0) is 91.9 Å². The van der Waals surface area contributed by atoms with Gasteiger partial charge in [0.25, 0.3) is 5.56 Å². The molecule has 232 valence electrons. The number of nitrogens with one attached hydrogen (secondary N) is 1. The van der Waals surface area contributed by atoms with Gasteiger partial charge in [-0.15, -0.1) is 5.10 Å². The Bertz CT molecular complexity index is 1890. The summed E-state index contributed by atoms with van der Waals surface area (Å²) < 4.78 is 28.0. The molecule has 4 aromatic rings. The molecule has 1 aliphatic carbocycles. The van der Waals surface area contributed by atoms with E-state index in [1.54, 1.807) is 39.0 Å². The Morgan fingerprint density at radius 2 is 1.91 bits per heavy atom. The van der Waals surface area contributed by atoms with E-state index in [-0.39, 0.29) is 17.7 Å². The Morgan fingerprint density at radius 3 is 2.58 bits per heavy atom. The lowest BCUT2D eigenvalue weighted by atomic mass is 9.71. The van der Waals surface area contributed by atoms with Gasteiger partial charge in [0.1, 0.15) is 23.8 Å². The molecule has 45 heavy (non-hydrogen) atoms. The Morgan fingerprint density at radius 1 is 1.11 bits per heavy atom. The maximum Gasteiger partial charge on any atom is 0.413 e. The van der Waals surface area contributed by atoms with E-state index in [0.717, 1.165) is 12.5 Å². The summed E-state index contributed by atoms with van der Waals surface area (Å²) in [4.78, 5) is 55.1. The summed E-state index contributed by atoms with van der Waals surface area (Å²) in [7, 11) is 0. The third-order valence-corrected chi connectivity index (χ3v) is 7.96. The molecule has 0 unspecified atom stereocenters. The fraction of sp³-hybridized carbons (Fsp3) is 0.333. The van der Waals surface area contributed by atoms with Crippen molar-refractivity contribution in [2.24, 2.45) is 5.92 Å². The molecule has 15 heteroatoms. The lowest BCUT2D eigenvalue weighted by Crippen LogP contribution is -2.34. The molecular weight excluding hydrogens is 609 g/mol. The van der Waals surface area contributed by atoms with Gasteiger partial charge in [-0.1, -0.05) is 11.6 Å². The molecule has 13 nitrogen and oxygen atoms in total. The molecule has 0 radical (unpaired) electrons. The van der Waals surface area contributed by atoms with E-state index >= 15 is 0 Å². The van der Waals surface area contributed by atoms with Crippen LogP contribution < -0.4 is 10.9 Å². The summed E-state index contributed by atoms with van der Waals surface area (Å²) >= 11 is 6.29. The molecule has 1 aliphatic heterocycles. The second-order valence-electron chi connectivity index (χ2n) is 11.8. The number of anilines is 1. The highest BCUT2D eigenvalue weighted by Gasteiger charge is 2.51. The number of ketones is 1. The maximum atomic E-state index is 14.7. The SMILES string of the molecule is CC(C)(C)OC(=O)Nc1ccc(C(=O)COC(=O)[C@@H]2[C@H]3CC[C@H]3c3cc(-c4cc(Cl)ccc4-n4cnnn4)cc(=O)n32)c(F)n1. The third-order valence-electron chi connectivity index (χ3n) is 7.72. The van der Waals surface area contributed by atoms with Gasteiger partial charge >= 0.3 is 12.1 Å². The van der Waals surface area contributed by atoms with E-state index in [9.17, 15) is 23.6 Å². The van der Waals surface area contributed by atoms with Gasteiger partial charge in [0.2, 0.25) is 11.7 Å². The van der Waals surface area contributed by atoms with Crippen LogP contribution in [0.25, 0.3) is 16.8 Å². The van der Waals surface area contributed by atoms with Crippen LogP contribution in [0.15, 0.2) is 53.6 Å². The van der Waals surface area contributed by atoms with Gasteiger partial charge in [0.05, 0.1) is 11.3 Å². The number of aromatic nitrogens is 6. The third kappa shape index (κ3) is 5.92. The van der Waals surface area contributed by atoms with Crippen molar-refractivity contribution >= 4 is 35.3 Å². The molecule has 3 atom stereocenters. The number of tetrazole rings is 1. The van der Waals surface area contributed by atoms with Crippen LogP contribution in [0, 0.1) is 11.9 Å². The summed E-state index contributed by atoms with van der Waals surface area (Å²) in [5, 5.41) is 14.1. The molecule has 0 spiro atoms. The van der Waals surface area contributed by atoms with Gasteiger partial charge in [-0.25, -0.2) is 14.6 Å². The Balaban J connectivity index is 1.19. The minimum Gasteiger partial charge on any atom is -0.456 e. The van der Waals surface area contributed by atoms with Crippen molar-refractivity contribution < 1.29 is 28.2 Å². The van der Waals surface area contributed by atoms with Gasteiger partial charge < -0.3 is 9.47 Å². The number of fused-ring (bicyclic) bond motifs is 3. The summed E-state index contributed by atoms with van der Waals surface area (Å²) in [6.07, 6.45) is 2.05. The average Bonchev–Trinajstić information content (AvgIpc) is 3.55. The summed E-state index contributed by atoms with van der Waals surface area (Å²) in [5.74, 6) is -3.16. The summed E-state index contributed by atoms with van der Waals surface area (Å²) in [6, 6.07) is 9.83. The number of benzene rings is 1. The second kappa shape index (κ2) is 11.5. The maximum absolute atomic E-state index is 14.7. The largest absolute Gasteiger partial charge is 0.456 e. The molecule has 1 amide bonds. The van der Waals surface area contributed by atoms with Crippen LogP contribution in [-0.4, -0.2) is 59.8 Å². The number of hydrogen-bond acceptors (Lipinski definition) is 10. The summed E-state index contributed by atoms with van der Waals surface area (Å²) in [6.45, 7) is 4.25. The van der Waals surface area contributed by atoms with Crippen molar-refractivity contribution in [3.63, 3.8) is 0 Å². The highest BCUT2D eigenvalue weighted by atomic mass is 35.5. The Hall–Kier alpha value is -4.98. The molecule has 0 bridgehead atoms. The monoisotopic (exact) mass is 635 g/mol. The zero-order chi connectivity index (χ0) is 32.0. The quantitative estimate of drug-likeness (QED) is 0.174. The molecule has 4 heterocycles. The van der Waals surface area contributed by atoms with Crippen molar-refractivity contribution in [3.8, 4) is 16.8 Å². The van der Waals surface area contributed by atoms with E-state index < -0.39 is 53.2 Å². The lowest BCUT2D eigenvalue weighted by Gasteiger charge is -2.32. The number of carbonyl (C=O) groups excluding carboxylic acids is 3. The van der Waals surface area contributed by atoms with Gasteiger partial charge in [0.15, 0.2) is 6.61 Å². The van der Waals surface area contributed by atoms with Crippen LogP contribution in [0.1, 0.15) is 61.6 Å². The number of carbonyl (C=O) groups is 3. The number of hydrogen-bond donors (Lipinski definition) is 1. The number of ether oxygens (including phenoxy) is 2. The van der Waals surface area contributed by atoms with Gasteiger partial charge in [-0.3, -0.25) is 19.5 Å². The Labute approximate surface area is 260 Å². The van der Waals surface area contributed by atoms with Crippen LogP contribution in [0.2, 0.25) is 5.02 Å². The van der Waals surface area contributed by atoms with Gasteiger partial charge in [0, 0.05) is 28.3 Å². The zero-order valence-corrected chi connectivity index (χ0v) is 25.1. The van der Waals surface area contributed by atoms with Gasteiger partial charge in [-0.2, -0.15) is 9.07 Å². The normalized spacial score (nSPS) is 18.4. The highest BCUT2D eigenvalue weighted by Crippen LogP contribution is 2.54. The van der Waals surface area contributed by atoms with Crippen molar-refractivity contribution in [1.29, 1.82) is 0 Å². The van der Waals surface area contributed by atoms with Crippen LogP contribution >= 0.6 is 11.6 Å². The number of rotatable bonds is 7. The predicted molar refractivity (Wildman–Crippen MR) is 158 cm³/mol. The number of pyridine rings is 2. The smallest absolute Gasteiger partial charge is 0.413 e. The molecule has 0 saturated heterocycles. The van der Waals surface area contributed by atoms with Crippen LogP contribution in [0.5, 0.6) is 0 Å². The fourth-order valence-corrected chi connectivity index (χ4v) is 5.88. The fourth-order valence-electron chi connectivity index (χ4n) is 5.71. The number of Topliss-reactive ketones (excluding diaryl/α,β-unsaturated/α-hetero) is 1. The van der Waals surface area contributed by atoms with E-state index in [2.05, 4.69) is 25.8 Å². The zero-order valence-electron chi connectivity index (χ0n) is 24.4. The number of amides is 1. The Kier molecular flexibility index (Phi) is 7.69. The molecule has 3 aromatic heterocycles. The molecule has 6 rings (SSSR count). The van der Waals surface area contributed by atoms with Crippen LogP contribution in [0.4, 0.5) is 15.0 Å². The van der Waals surface area contributed by atoms with E-state index in [1.165, 1.54) is 27.7 Å². The minimum atomic E-state index is -1.15. The summed E-state index contributed by atoms with van der Waals surface area (Å²) in [5.41, 5.74) is 0.886. The molecule has 1 fully saturated rings. The van der Waals surface area contributed by atoms with E-state index in [0.29, 0.717) is 34.0 Å². The van der Waals surface area contributed by atoms with Crippen molar-refractivity contribution in [2.45, 2.75) is 51.2 Å². The molecule has 1 saturated carbocycles. The average molecular weight is 636 g/mol. The first-order valence-electron chi connectivity index (χ1n) is 14.1. The van der Waals surface area contributed by atoms with Crippen molar-refractivity contribution in [1.82, 2.24) is 29.8 Å². The standard InChI is InChI=1S/C30H27ClFN7O6/c1-30(2,3)45-29(43)35-24-9-7-19(27(32)34-24)23(40)13-44-28(42)26-18-6-5-17(18)22-10-15(11-25(41)39(22)26)20-12-16(31)4-8-21(20)38-14-33-36-37-38/h4,7-12,14,17-18,26H,5-6,13H2,1-3H3,(H,34,35,43)/t17-,18+,26+/m1/s1. The van der Waals surface area contributed by atoms with E-state index in [1.807, 2.05) is 6.07 Å². The number of nitrogens with zero attached hydrogens (tertiary/aromatic N) is 6. The van der Waals surface area contributed by atoms with Crippen molar-refractivity contribution in [3.05, 3.63) is 81.4 Å².